The third-order valence-electron chi connectivity index (χ3n) is 2.50. The normalized spacial score (nSPS) is 16.9. The molecule has 13 heavy (non-hydrogen) atoms. The molecule has 2 atom stereocenters. The molecule has 0 saturated heterocycles. The minimum absolute atomic E-state index is 0.281. The van der Waals surface area contributed by atoms with Crippen LogP contribution in [0, 0.1) is 5.92 Å². The van der Waals surface area contributed by atoms with E-state index in [0.717, 1.165) is 6.42 Å². The van der Waals surface area contributed by atoms with Crippen LogP contribution in [-0.4, -0.2) is 33.5 Å². The second-order valence-corrected chi connectivity index (χ2v) is 5.96. The Kier molecular flexibility index (Phi) is 5.56. The molecule has 0 fully saturated rings. The number of hydrogen-bond donors (Lipinski definition) is 1. The van der Waals surface area contributed by atoms with Crippen LogP contribution < -0.4 is 5.32 Å². The van der Waals surface area contributed by atoms with E-state index in [1.807, 2.05) is 7.05 Å². The van der Waals surface area contributed by atoms with Crippen molar-refractivity contribution >= 4 is 9.84 Å². The van der Waals surface area contributed by atoms with E-state index in [2.05, 4.69) is 19.2 Å². The van der Waals surface area contributed by atoms with E-state index in [9.17, 15) is 8.42 Å². The van der Waals surface area contributed by atoms with Gasteiger partial charge in [0.05, 0.1) is 5.75 Å². The lowest BCUT2D eigenvalue weighted by molar-refractivity contribution is 0.379. The largest absolute Gasteiger partial charge is 0.317 e. The van der Waals surface area contributed by atoms with Crippen LogP contribution in [0.1, 0.15) is 26.7 Å². The summed E-state index contributed by atoms with van der Waals surface area (Å²) < 4.78 is 21.9. The molecule has 3 nitrogen and oxygen atoms in total. The first-order valence-corrected chi connectivity index (χ1v) is 6.81. The Balaban J connectivity index is 4.00. The van der Waals surface area contributed by atoms with Crippen molar-refractivity contribution in [2.24, 2.45) is 5.92 Å². The highest BCUT2D eigenvalue weighted by Crippen LogP contribution is 2.11. The summed E-state index contributed by atoms with van der Waals surface area (Å²) in [6, 6.07) is 0.319. The molecule has 0 aromatic heterocycles. The molecule has 2 unspecified atom stereocenters. The van der Waals surface area contributed by atoms with E-state index >= 15 is 0 Å². The fourth-order valence-corrected chi connectivity index (χ4v) is 2.02. The van der Waals surface area contributed by atoms with Gasteiger partial charge in [0.2, 0.25) is 0 Å². The van der Waals surface area contributed by atoms with Gasteiger partial charge in [0.15, 0.2) is 0 Å². The van der Waals surface area contributed by atoms with Crippen LogP contribution in [0.5, 0.6) is 0 Å². The van der Waals surface area contributed by atoms with Gasteiger partial charge < -0.3 is 5.32 Å². The van der Waals surface area contributed by atoms with E-state index in [-0.39, 0.29) is 5.75 Å². The van der Waals surface area contributed by atoms with Crippen LogP contribution >= 0.6 is 0 Å². The molecule has 0 heterocycles. The first kappa shape index (κ1) is 12.9. The summed E-state index contributed by atoms with van der Waals surface area (Å²) in [5, 5.41) is 3.16. The van der Waals surface area contributed by atoms with Gasteiger partial charge in [-0.05, 0) is 19.4 Å². The van der Waals surface area contributed by atoms with Crippen molar-refractivity contribution in [3.63, 3.8) is 0 Å². The predicted octanol–water partition coefficient (Wildman–Crippen LogP) is 1.06. The summed E-state index contributed by atoms with van der Waals surface area (Å²) in [5.74, 6) is 0.815. The van der Waals surface area contributed by atoms with Gasteiger partial charge in [-0.1, -0.05) is 20.3 Å². The van der Waals surface area contributed by atoms with Crippen molar-refractivity contribution in [2.75, 3.05) is 19.1 Å². The third kappa shape index (κ3) is 6.05. The quantitative estimate of drug-likeness (QED) is 0.708. The second-order valence-electron chi connectivity index (χ2n) is 3.70. The molecule has 0 rings (SSSR count). The monoisotopic (exact) mass is 207 g/mol. The molecule has 0 aliphatic rings. The Morgan fingerprint density at radius 3 is 2.23 bits per heavy atom. The van der Waals surface area contributed by atoms with Crippen molar-refractivity contribution in [3.8, 4) is 0 Å². The fraction of sp³-hybridized carbons (Fsp3) is 1.00. The summed E-state index contributed by atoms with van der Waals surface area (Å²) in [6.07, 6.45) is 3.08. The Morgan fingerprint density at radius 1 is 1.38 bits per heavy atom. The highest BCUT2D eigenvalue weighted by atomic mass is 32.2. The molecule has 0 aliphatic heterocycles. The molecule has 80 valence electrons. The topological polar surface area (TPSA) is 46.2 Å². The van der Waals surface area contributed by atoms with Gasteiger partial charge in [-0.3, -0.25) is 0 Å². The maximum absolute atomic E-state index is 10.9. The van der Waals surface area contributed by atoms with Crippen molar-refractivity contribution < 1.29 is 8.42 Å². The summed E-state index contributed by atoms with van der Waals surface area (Å²) in [7, 11) is -0.923. The van der Waals surface area contributed by atoms with Crippen molar-refractivity contribution in [1.29, 1.82) is 0 Å². The van der Waals surface area contributed by atoms with Gasteiger partial charge >= 0.3 is 0 Å². The zero-order valence-electron chi connectivity index (χ0n) is 9.00. The van der Waals surface area contributed by atoms with Crippen molar-refractivity contribution in [1.82, 2.24) is 5.32 Å². The first-order valence-electron chi connectivity index (χ1n) is 4.75. The van der Waals surface area contributed by atoms with Gasteiger partial charge in [-0.2, -0.15) is 0 Å². The molecule has 0 aromatic carbocycles. The lowest BCUT2D eigenvalue weighted by Crippen LogP contribution is -2.33. The molecular weight excluding hydrogens is 186 g/mol. The standard InChI is InChI=1S/C9H21NO2S/c1-5-8(2)9(10-3)6-7-13(4,11)12/h8-10H,5-7H2,1-4H3. The van der Waals surface area contributed by atoms with Crippen molar-refractivity contribution in [3.05, 3.63) is 0 Å². The van der Waals surface area contributed by atoms with Gasteiger partial charge in [-0.15, -0.1) is 0 Å². The maximum atomic E-state index is 10.9. The van der Waals surface area contributed by atoms with E-state index in [4.69, 9.17) is 0 Å². The molecule has 0 amide bonds. The van der Waals surface area contributed by atoms with Gasteiger partial charge in [-0.25, -0.2) is 8.42 Å². The maximum Gasteiger partial charge on any atom is 0.147 e. The van der Waals surface area contributed by atoms with Crippen LogP contribution in [-0.2, 0) is 9.84 Å². The molecule has 0 saturated carbocycles. The lowest BCUT2D eigenvalue weighted by atomic mass is 9.97. The first-order chi connectivity index (χ1) is 5.90. The van der Waals surface area contributed by atoms with E-state index in [1.165, 1.54) is 6.26 Å². The predicted molar refractivity (Wildman–Crippen MR) is 56.6 cm³/mol. The Hall–Kier alpha value is -0.0900. The van der Waals surface area contributed by atoms with Crippen LogP contribution in [0.4, 0.5) is 0 Å². The summed E-state index contributed by atoms with van der Waals surface area (Å²) in [5.41, 5.74) is 0. The van der Waals surface area contributed by atoms with Gasteiger partial charge in [0, 0.05) is 12.3 Å². The minimum Gasteiger partial charge on any atom is -0.317 e. The van der Waals surface area contributed by atoms with E-state index in [0.29, 0.717) is 18.4 Å². The third-order valence-corrected chi connectivity index (χ3v) is 3.48. The van der Waals surface area contributed by atoms with E-state index in [1.54, 1.807) is 0 Å². The molecule has 0 radical (unpaired) electrons. The lowest BCUT2D eigenvalue weighted by Gasteiger charge is -2.21. The smallest absolute Gasteiger partial charge is 0.147 e. The average molecular weight is 207 g/mol. The molecule has 1 N–H and O–H groups in total. The van der Waals surface area contributed by atoms with Crippen LogP contribution in [0.3, 0.4) is 0 Å². The zero-order chi connectivity index (χ0) is 10.5. The molecule has 0 aliphatic carbocycles. The number of hydrogen-bond acceptors (Lipinski definition) is 3. The molecule has 4 heteroatoms. The van der Waals surface area contributed by atoms with Crippen LogP contribution in [0.2, 0.25) is 0 Å². The summed E-state index contributed by atoms with van der Waals surface area (Å²) in [4.78, 5) is 0. The Morgan fingerprint density at radius 2 is 1.92 bits per heavy atom. The molecular formula is C9H21NO2S. The highest BCUT2D eigenvalue weighted by Gasteiger charge is 2.15. The van der Waals surface area contributed by atoms with Crippen molar-refractivity contribution in [2.45, 2.75) is 32.7 Å². The fourth-order valence-electron chi connectivity index (χ4n) is 1.34. The Bertz CT molecular complexity index is 224. The SMILES string of the molecule is CCC(C)C(CCS(C)(=O)=O)NC. The molecule has 0 bridgehead atoms. The van der Waals surface area contributed by atoms with Gasteiger partial charge in [0.25, 0.3) is 0 Å². The number of sulfone groups is 1. The summed E-state index contributed by atoms with van der Waals surface area (Å²) >= 11 is 0. The molecule has 0 spiro atoms. The number of rotatable bonds is 6. The Labute approximate surface area is 81.8 Å². The van der Waals surface area contributed by atoms with E-state index < -0.39 is 9.84 Å². The zero-order valence-corrected chi connectivity index (χ0v) is 9.82. The van der Waals surface area contributed by atoms with Gasteiger partial charge in [0.1, 0.15) is 9.84 Å². The highest BCUT2D eigenvalue weighted by molar-refractivity contribution is 7.90. The average Bonchev–Trinajstić information content (AvgIpc) is 2.03. The minimum atomic E-state index is -2.81. The second kappa shape index (κ2) is 5.60. The summed E-state index contributed by atoms with van der Waals surface area (Å²) in [6.45, 7) is 4.26. The van der Waals surface area contributed by atoms with Crippen LogP contribution in [0.15, 0.2) is 0 Å². The van der Waals surface area contributed by atoms with Crippen LogP contribution in [0.25, 0.3) is 0 Å². The molecule has 0 aromatic rings. The number of nitrogens with one attached hydrogen (secondary N) is 1.